The van der Waals surface area contributed by atoms with Gasteiger partial charge in [-0.1, -0.05) is 0 Å². The van der Waals surface area contributed by atoms with Crippen molar-refractivity contribution in [2.45, 2.75) is 0 Å². The van der Waals surface area contributed by atoms with Gasteiger partial charge >= 0.3 is 5.97 Å². The summed E-state index contributed by atoms with van der Waals surface area (Å²) in [5.74, 6) is -2.40. The summed E-state index contributed by atoms with van der Waals surface area (Å²) in [5, 5.41) is 8.24. The molecule has 10 heavy (non-hydrogen) atoms. The van der Waals surface area contributed by atoms with Crippen LogP contribution in [0.2, 0.25) is 0 Å². The number of carboxylic acid groups (broad SMARTS) is 1. The fourth-order valence-electron chi connectivity index (χ4n) is 0.357. The number of ether oxygens (including phenoxy) is 1. The summed E-state index contributed by atoms with van der Waals surface area (Å²) in [6, 6.07) is 0. The summed E-state index contributed by atoms with van der Waals surface area (Å²) in [4.78, 5) is 19.9. The number of carbonyl (C=O) groups excluding carboxylic acids is 1. The van der Waals surface area contributed by atoms with Crippen molar-refractivity contribution in [1.29, 1.82) is 0 Å². The standard InChI is InChI=1S/C6H8O4/c1-2-10-4-5(3-7)6(8)9/h5H,1-2,4H2,(H,8,9). The van der Waals surface area contributed by atoms with Crippen molar-refractivity contribution in [3.05, 3.63) is 6.92 Å². The van der Waals surface area contributed by atoms with Crippen molar-refractivity contribution in [2.24, 2.45) is 5.92 Å². The minimum atomic E-state index is -1.22. The Balaban J connectivity index is 3.60. The number of carbonyl (C=O) groups is 1. The topological polar surface area (TPSA) is 63.6 Å². The molecule has 0 saturated heterocycles. The van der Waals surface area contributed by atoms with E-state index in [2.05, 4.69) is 11.7 Å². The summed E-state index contributed by atoms with van der Waals surface area (Å²) in [6.45, 7) is 3.31. The number of aliphatic carboxylic acids is 1. The first-order valence-corrected chi connectivity index (χ1v) is 2.69. The molecule has 0 aromatic heterocycles. The first kappa shape index (κ1) is 9.10. The van der Waals surface area contributed by atoms with E-state index < -0.39 is 11.9 Å². The fraction of sp³-hybridized carbons (Fsp3) is 0.500. The van der Waals surface area contributed by atoms with Gasteiger partial charge in [0.1, 0.15) is 5.92 Å². The van der Waals surface area contributed by atoms with Gasteiger partial charge < -0.3 is 9.84 Å². The van der Waals surface area contributed by atoms with E-state index in [1.165, 1.54) is 6.29 Å². The molecule has 0 aromatic rings. The van der Waals surface area contributed by atoms with E-state index in [0.717, 1.165) is 0 Å². The van der Waals surface area contributed by atoms with Gasteiger partial charge in [-0.2, -0.15) is 0 Å². The van der Waals surface area contributed by atoms with Crippen molar-refractivity contribution >= 4 is 12.3 Å². The zero-order valence-corrected chi connectivity index (χ0v) is 5.37. The average Bonchev–Trinajstić information content (AvgIpc) is 1.89. The second-order valence-electron chi connectivity index (χ2n) is 1.58. The molecule has 0 rings (SSSR count). The highest BCUT2D eigenvalue weighted by Crippen LogP contribution is 1.92. The van der Waals surface area contributed by atoms with E-state index in [9.17, 15) is 9.59 Å². The highest BCUT2D eigenvalue weighted by Gasteiger charge is 2.16. The van der Waals surface area contributed by atoms with Gasteiger partial charge in [-0.15, -0.1) is 0 Å². The van der Waals surface area contributed by atoms with Crippen molar-refractivity contribution in [2.75, 3.05) is 13.2 Å². The Hall–Kier alpha value is -0.900. The summed E-state index contributed by atoms with van der Waals surface area (Å²) in [5.41, 5.74) is 0. The van der Waals surface area contributed by atoms with E-state index in [0.29, 0.717) is 0 Å². The molecular formula is C6H8O4. The molecule has 2 radical (unpaired) electrons. The zero-order valence-electron chi connectivity index (χ0n) is 5.37. The first-order chi connectivity index (χ1) is 4.72. The zero-order chi connectivity index (χ0) is 7.98. The second-order valence-corrected chi connectivity index (χ2v) is 1.58. The summed E-state index contributed by atoms with van der Waals surface area (Å²) < 4.78 is 4.59. The molecule has 4 nitrogen and oxygen atoms in total. The van der Waals surface area contributed by atoms with Gasteiger partial charge in [0, 0.05) is 6.61 Å². The Bertz CT molecular complexity index is 121. The highest BCUT2D eigenvalue weighted by atomic mass is 16.5. The number of hydrogen-bond acceptors (Lipinski definition) is 3. The summed E-state index contributed by atoms with van der Waals surface area (Å²) >= 11 is 0. The van der Waals surface area contributed by atoms with Crippen molar-refractivity contribution in [3.63, 3.8) is 0 Å². The Morgan fingerprint density at radius 2 is 2.40 bits per heavy atom. The normalized spacial score (nSPS) is 12.5. The molecule has 1 atom stereocenters. The van der Waals surface area contributed by atoms with E-state index in [1.807, 2.05) is 0 Å². The van der Waals surface area contributed by atoms with Crippen LogP contribution in [0.4, 0.5) is 0 Å². The number of carboxylic acids is 1. The van der Waals surface area contributed by atoms with E-state index in [-0.39, 0.29) is 13.2 Å². The predicted octanol–water partition coefficient (Wildman–Crippen LogP) is -0.352. The lowest BCUT2D eigenvalue weighted by molar-refractivity contribution is -0.140. The fourth-order valence-corrected chi connectivity index (χ4v) is 0.357. The van der Waals surface area contributed by atoms with E-state index in [4.69, 9.17) is 5.11 Å². The van der Waals surface area contributed by atoms with Gasteiger partial charge in [0.25, 0.3) is 0 Å². The maximum absolute atomic E-state index is 10.1. The molecule has 0 fully saturated rings. The minimum Gasteiger partial charge on any atom is -0.481 e. The Morgan fingerprint density at radius 1 is 1.80 bits per heavy atom. The van der Waals surface area contributed by atoms with Gasteiger partial charge in [-0.25, -0.2) is 0 Å². The van der Waals surface area contributed by atoms with E-state index >= 15 is 0 Å². The largest absolute Gasteiger partial charge is 0.481 e. The van der Waals surface area contributed by atoms with Crippen LogP contribution in [0.15, 0.2) is 0 Å². The molecule has 0 aliphatic heterocycles. The quantitative estimate of drug-likeness (QED) is 0.535. The Labute approximate surface area is 58.8 Å². The smallest absolute Gasteiger partial charge is 0.316 e. The van der Waals surface area contributed by atoms with Gasteiger partial charge in [-0.3, -0.25) is 9.59 Å². The van der Waals surface area contributed by atoms with Crippen LogP contribution in [0.5, 0.6) is 0 Å². The number of hydrogen-bond donors (Lipinski definition) is 1. The molecule has 0 spiro atoms. The summed E-state index contributed by atoms with van der Waals surface area (Å²) in [7, 11) is 0. The maximum Gasteiger partial charge on any atom is 0.316 e. The Morgan fingerprint density at radius 3 is 2.70 bits per heavy atom. The van der Waals surface area contributed by atoms with Crippen LogP contribution in [-0.4, -0.2) is 30.6 Å². The third-order valence-electron chi connectivity index (χ3n) is 0.869. The third-order valence-corrected chi connectivity index (χ3v) is 0.869. The predicted molar refractivity (Wildman–Crippen MR) is 33.0 cm³/mol. The lowest BCUT2D eigenvalue weighted by atomic mass is 10.2. The lowest BCUT2D eigenvalue weighted by Crippen LogP contribution is -2.20. The molecule has 1 unspecified atom stereocenters. The Kier molecular flexibility index (Phi) is 4.49. The molecule has 1 N–H and O–H groups in total. The monoisotopic (exact) mass is 144 g/mol. The van der Waals surface area contributed by atoms with Gasteiger partial charge in [-0.05, 0) is 6.92 Å². The van der Waals surface area contributed by atoms with Crippen LogP contribution >= 0.6 is 0 Å². The molecule has 0 aliphatic carbocycles. The van der Waals surface area contributed by atoms with Crippen LogP contribution in [-0.2, 0) is 14.3 Å². The van der Waals surface area contributed by atoms with Crippen LogP contribution in [0.25, 0.3) is 0 Å². The SMILES string of the molecule is [CH2]COCC([C]=O)C(=O)O. The third kappa shape index (κ3) is 3.19. The van der Waals surface area contributed by atoms with Crippen molar-refractivity contribution in [1.82, 2.24) is 0 Å². The highest BCUT2D eigenvalue weighted by molar-refractivity contribution is 5.86. The molecule has 0 heterocycles. The molecular weight excluding hydrogens is 136 g/mol. The van der Waals surface area contributed by atoms with Gasteiger partial charge in [0.05, 0.1) is 6.61 Å². The lowest BCUT2D eigenvalue weighted by Gasteiger charge is -2.01. The molecule has 0 amide bonds. The average molecular weight is 144 g/mol. The van der Waals surface area contributed by atoms with Crippen LogP contribution in [0, 0.1) is 12.8 Å². The molecule has 56 valence electrons. The van der Waals surface area contributed by atoms with Crippen LogP contribution < -0.4 is 0 Å². The van der Waals surface area contributed by atoms with Gasteiger partial charge in [0.2, 0.25) is 6.29 Å². The maximum atomic E-state index is 10.1. The minimum absolute atomic E-state index is 0.150. The first-order valence-electron chi connectivity index (χ1n) is 2.69. The molecule has 0 saturated carbocycles. The van der Waals surface area contributed by atoms with Crippen LogP contribution in [0.3, 0.4) is 0 Å². The molecule has 0 aliphatic rings. The second kappa shape index (κ2) is 4.93. The van der Waals surface area contributed by atoms with Crippen molar-refractivity contribution < 1.29 is 19.4 Å². The summed E-state index contributed by atoms with van der Waals surface area (Å²) in [6.07, 6.45) is 1.33. The molecule has 0 bridgehead atoms. The van der Waals surface area contributed by atoms with Crippen LogP contribution in [0.1, 0.15) is 0 Å². The van der Waals surface area contributed by atoms with Gasteiger partial charge in [0.15, 0.2) is 0 Å². The molecule has 0 aromatic carbocycles. The number of rotatable bonds is 5. The van der Waals surface area contributed by atoms with E-state index in [1.54, 1.807) is 0 Å². The molecule has 4 heteroatoms. The van der Waals surface area contributed by atoms with Crippen molar-refractivity contribution in [3.8, 4) is 0 Å².